The first-order chi connectivity index (χ1) is 10.8. The van der Waals surface area contributed by atoms with Gasteiger partial charge in [-0.2, -0.15) is 0 Å². The van der Waals surface area contributed by atoms with E-state index in [0.717, 1.165) is 40.7 Å². The summed E-state index contributed by atoms with van der Waals surface area (Å²) in [4.78, 5) is 8.53. The summed E-state index contributed by atoms with van der Waals surface area (Å²) in [5, 5.41) is 5.56. The van der Waals surface area contributed by atoms with Crippen LogP contribution in [-0.2, 0) is 6.42 Å². The van der Waals surface area contributed by atoms with Crippen molar-refractivity contribution < 1.29 is 4.39 Å². The van der Waals surface area contributed by atoms with Crippen LogP contribution < -0.4 is 5.32 Å². The van der Waals surface area contributed by atoms with Crippen LogP contribution in [0.5, 0.6) is 0 Å². The zero-order chi connectivity index (χ0) is 15.2. The highest BCUT2D eigenvalue weighted by molar-refractivity contribution is 5.85. The van der Waals surface area contributed by atoms with Gasteiger partial charge in [-0.05, 0) is 54.5 Å². The molecule has 0 fully saturated rings. The van der Waals surface area contributed by atoms with Crippen LogP contribution >= 0.6 is 12.4 Å². The Bertz CT molecular complexity index is 747. The van der Waals surface area contributed by atoms with Crippen molar-refractivity contribution in [2.24, 2.45) is 0 Å². The Morgan fingerprint density at radius 2 is 1.87 bits per heavy atom. The topological polar surface area (TPSA) is 37.8 Å². The van der Waals surface area contributed by atoms with Crippen molar-refractivity contribution in [2.45, 2.75) is 19.3 Å². The van der Waals surface area contributed by atoms with Crippen molar-refractivity contribution in [1.82, 2.24) is 9.97 Å². The molecule has 0 atom stereocenters. The number of pyridine rings is 2. The number of hydrogen-bond acceptors (Lipinski definition) is 3. The average molecular weight is 332 g/mol. The van der Waals surface area contributed by atoms with Crippen molar-refractivity contribution in [3.05, 3.63) is 60.6 Å². The molecule has 2 aromatic heterocycles. The molecule has 120 valence electrons. The third kappa shape index (κ3) is 4.63. The van der Waals surface area contributed by atoms with E-state index in [9.17, 15) is 4.39 Å². The largest absolute Gasteiger partial charge is 0.340 e. The zero-order valence-electron chi connectivity index (χ0n) is 12.7. The highest BCUT2D eigenvalue weighted by Crippen LogP contribution is 2.21. The van der Waals surface area contributed by atoms with E-state index in [2.05, 4.69) is 21.4 Å². The van der Waals surface area contributed by atoms with Gasteiger partial charge in [-0.1, -0.05) is 12.1 Å². The van der Waals surface area contributed by atoms with E-state index < -0.39 is 0 Å². The lowest BCUT2D eigenvalue weighted by atomic mass is 10.1. The van der Waals surface area contributed by atoms with Gasteiger partial charge in [-0.25, -0.2) is 4.98 Å². The molecule has 0 unspecified atom stereocenters. The van der Waals surface area contributed by atoms with Crippen molar-refractivity contribution in [1.29, 1.82) is 0 Å². The highest BCUT2D eigenvalue weighted by Gasteiger charge is 2.00. The Balaban J connectivity index is 0.00000192. The molecule has 1 N–H and O–H groups in total. The quantitative estimate of drug-likeness (QED) is 0.639. The number of aromatic nitrogens is 2. The number of nitrogens with zero attached hydrogens (tertiary/aromatic N) is 2. The van der Waals surface area contributed by atoms with Crippen molar-refractivity contribution in [2.75, 3.05) is 12.0 Å². The summed E-state index contributed by atoms with van der Waals surface area (Å²) in [6.45, 7) is -0.245. The van der Waals surface area contributed by atoms with E-state index in [1.807, 2.05) is 42.7 Å². The van der Waals surface area contributed by atoms with Crippen LogP contribution in [0.3, 0.4) is 0 Å². The van der Waals surface area contributed by atoms with E-state index >= 15 is 0 Å². The van der Waals surface area contributed by atoms with Crippen LogP contribution in [0.25, 0.3) is 10.8 Å². The summed E-state index contributed by atoms with van der Waals surface area (Å²) in [7, 11) is 0. The number of benzene rings is 1. The predicted molar refractivity (Wildman–Crippen MR) is 95.4 cm³/mol. The molecule has 0 aliphatic rings. The number of halogens is 2. The summed E-state index contributed by atoms with van der Waals surface area (Å²) >= 11 is 0. The van der Waals surface area contributed by atoms with Gasteiger partial charge in [-0.15, -0.1) is 12.4 Å². The van der Waals surface area contributed by atoms with Gasteiger partial charge in [-0.3, -0.25) is 9.37 Å². The molecular weight excluding hydrogens is 313 g/mol. The standard InChI is InChI=1S/C18H18FN3.ClH/c19-9-2-1-3-14-4-7-18(21-12-14)22-17-6-5-16-13-20-10-8-15(16)11-17;/h4-8,10-13H,1-3,9H2,(H,21,22);1H. The van der Waals surface area contributed by atoms with E-state index in [4.69, 9.17) is 0 Å². The molecule has 1 aromatic carbocycles. The van der Waals surface area contributed by atoms with Gasteiger partial charge in [0.2, 0.25) is 0 Å². The number of unbranched alkanes of at least 4 members (excludes halogenated alkanes) is 1. The normalized spacial score (nSPS) is 10.3. The Morgan fingerprint density at radius 3 is 2.65 bits per heavy atom. The van der Waals surface area contributed by atoms with Gasteiger partial charge in [0.1, 0.15) is 5.82 Å². The molecule has 0 aliphatic heterocycles. The van der Waals surface area contributed by atoms with Crippen molar-refractivity contribution in [3.8, 4) is 0 Å². The summed E-state index contributed by atoms with van der Waals surface area (Å²) in [5.41, 5.74) is 2.14. The fourth-order valence-corrected chi connectivity index (χ4v) is 2.38. The molecule has 0 bridgehead atoms. The summed E-state index contributed by atoms with van der Waals surface area (Å²) in [5.74, 6) is 0.808. The molecule has 0 saturated heterocycles. The number of fused-ring (bicyclic) bond motifs is 1. The summed E-state index contributed by atoms with van der Waals surface area (Å²) in [6.07, 6.45) is 7.85. The number of aryl methyl sites for hydroxylation is 1. The van der Waals surface area contributed by atoms with Crippen LogP contribution in [0, 0.1) is 0 Å². The van der Waals surface area contributed by atoms with Crippen LogP contribution in [0.2, 0.25) is 0 Å². The third-order valence-corrected chi connectivity index (χ3v) is 3.59. The van der Waals surface area contributed by atoms with Gasteiger partial charge >= 0.3 is 0 Å². The summed E-state index contributed by atoms with van der Waals surface area (Å²) < 4.78 is 12.1. The van der Waals surface area contributed by atoms with Crippen LogP contribution in [0.15, 0.2) is 55.0 Å². The second-order valence-corrected chi connectivity index (χ2v) is 5.26. The fraction of sp³-hybridized carbons (Fsp3) is 0.222. The maximum atomic E-state index is 12.1. The van der Waals surface area contributed by atoms with E-state index in [0.29, 0.717) is 6.42 Å². The minimum atomic E-state index is -0.245. The highest BCUT2D eigenvalue weighted by atomic mass is 35.5. The first-order valence-electron chi connectivity index (χ1n) is 7.47. The zero-order valence-corrected chi connectivity index (χ0v) is 13.5. The number of alkyl halides is 1. The average Bonchev–Trinajstić information content (AvgIpc) is 2.57. The van der Waals surface area contributed by atoms with E-state index in [1.165, 1.54) is 0 Å². The molecule has 0 spiro atoms. The molecule has 3 nitrogen and oxygen atoms in total. The number of rotatable bonds is 6. The van der Waals surface area contributed by atoms with Gasteiger partial charge < -0.3 is 5.32 Å². The van der Waals surface area contributed by atoms with Crippen LogP contribution in [0.4, 0.5) is 15.9 Å². The first-order valence-corrected chi connectivity index (χ1v) is 7.47. The lowest BCUT2D eigenvalue weighted by Gasteiger charge is -2.07. The van der Waals surface area contributed by atoms with Crippen LogP contribution in [0.1, 0.15) is 18.4 Å². The number of nitrogens with one attached hydrogen (secondary N) is 1. The Morgan fingerprint density at radius 1 is 0.957 bits per heavy atom. The minimum Gasteiger partial charge on any atom is -0.340 e. The third-order valence-electron chi connectivity index (χ3n) is 3.59. The predicted octanol–water partition coefficient (Wildman–Crippen LogP) is 5.09. The molecule has 23 heavy (non-hydrogen) atoms. The van der Waals surface area contributed by atoms with E-state index in [-0.39, 0.29) is 19.1 Å². The lowest BCUT2D eigenvalue weighted by Crippen LogP contribution is -1.95. The minimum absolute atomic E-state index is 0. The Kier molecular flexibility index (Phi) is 6.29. The Labute approximate surface area is 141 Å². The monoisotopic (exact) mass is 331 g/mol. The van der Waals surface area contributed by atoms with E-state index in [1.54, 1.807) is 6.20 Å². The molecular formula is C18H19ClFN3. The molecule has 2 heterocycles. The van der Waals surface area contributed by atoms with Gasteiger partial charge in [0.15, 0.2) is 0 Å². The number of anilines is 2. The summed E-state index contributed by atoms with van der Waals surface area (Å²) in [6, 6.07) is 12.1. The van der Waals surface area contributed by atoms with Crippen molar-refractivity contribution >= 4 is 34.7 Å². The Hall–Kier alpha value is -2.20. The molecule has 3 rings (SSSR count). The smallest absolute Gasteiger partial charge is 0.130 e. The molecule has 3 aromatic rings. The molecule has 0 radical (unpaired) electrons. The van der Waals surface area contributed by atoms with Gasteiger partial charge in [0.25, 0.3) is 0 Å². The SMILES string of the molecule is Cl.FCCCCc1ccc(Nc2ccc3cnccc3c2)nc1. The molecule has 0 amide bonds. The first kappa shape index (κ1) is 17.2. The molecule has 0 aliphatic carbocycles. The molecule has 5 heteroatoms. The van der Waals surface area contributed by atoms with Gasteiger partial charge in [0.05, 0.1) is 6.67 Å². The number of hydrogen-bond donors (Lipinski definition) is 1. The second-order valence-electron chi connectivity index (χ2n) is 5.26. The van der Waals surface area contributed by atoms with Crippen LogP contribution in [-0.4, -0.2) is 16.6 Å². The maximum absolute atomic E-state index is 12.1. The van der Waals surface area contributed by atoms with Crippen molar-refractivity contribution in [3.63, 3.8) is 0 Å². The maximum Gasteiger partial charge on any atom is 0.130 e. The second kappa shape index (κ2) is 8.44. The van der Waals surface area contributed by atoms with Gasteiger partial charge in [0, 0.05) is 29.7 Å². The molecule has 0 saturated carbocycles. The lowest BCUT2D eigenvalue weighted by molar-refractivity contribution is 0.462. The fourth-order valence-electron chi connectivity index (χ4n) is 2.38.